The predicted molar refractivity (Wildman–Crippen MR) is 68.5 cm³/mol. The minimum Gasteiger partial charge on any atom is -0.478 e. The van der Waals surface area contributed by atoms with Crippen LogP contribution in [0.1, 0.15) is 36.8 Å². The van der Waals surface area contributed by atoms with Gasteiger partial charge in [-0.3, -0.25) is 9.88 Å². The Balaban J connectivity index is 2.36. The third kappa shape index (κ3) is 2.67. The highest BCUT2D eigenvalue weighted by molar-refractivity contribution is 6.01. The molecule has 0 radical (unpaired) electrons. The number of aromatic nitrogens is 1. The first-order valence-corrected chi connectivity index (χ1v) is 6.01. The molecule has 1 aromatic rings. The molecular weight excluding hydrogens is 248 g/mol. The Kier molecular flexibility index (Phi) is 3.18. The minimum absolute atomic E-state index is 0.0772. The Hall–Kier alpha value is -2.11. The van der Waals surface area contributed by atoms with Crippen molar-refractivity contribution in [3.8, 4) is 0 Å². The van der Waals surface area contributed by atoms with Gasteiger partial charge in [-0.05, 0) is 26.8 Å². The number of carbonyl (C=O) groups is 2. The van der Waals surface area contributed by atoms with Crippen LogP contribution in [0.25, 0.3) is 0 Å². The van der Waals surface area contributed by atoms with Crippen LogP contribution in [0.2, 0.25) is 0 Å². The van der Waals surface area contributed by atoms with Crippen molar-refractivity contribution in [1.82, 2.24) is 4.98 Å². The zero-order chi connectivity index (χ0) is 14.2. The second kappa shape index (κ2) is 4.53. The van der Waals surface area contributed by atoms with Crippen LogP contribution in [0.15, 0.2) is 12.3 Å². The summed E-state index contributed by atoms with van der Waals surface area (Å²) in [6.07, 6.45) is 1.44. The Morgan fingerprint density at radius 1 is 1.42 bits per heavy atom. The highest BCUT2D eigenvalue weighted by atomic mass is 16.6. The lowest BCUT2D eigenvalue weighted by molar-refractivity contribution is 0.0584. The van der Waals surface area contributed by atoms with Gasteiger partial charge in [0.1, 0.15) is 5.60 Å². The number of hydrogen-bond acceptors (Lipinski definition) is 4. The van der Waals surface area contributed by atoms with Crippen LogP contribution in [0.5, 0.6) is 0 Å². The van der Waals surface area contributed by atoms with Crippen LogP contribution in [0, 0.1) is 0 Å². The van der Waals surface area contributed by atoms with Crippen molar-refractivity contribution < 1.29 is 19.4 Å². The van der Waals surface area contributed by atoms with Gasteiger partial charge < -0.3 is 9.84 Å². The third-order valence-corrected chi connectivity index (χ3v) is 2.69. The van der Waals surface area contributed by atoms with Gasteiger partial charge in [-0.15, -0.1) is 0 Å². The van der Waals surface area contributed by atoms with Crippen LogP contribution >= 0.6 is 0 Å². The maximum atomic E-state index is 12.1. The second-order valence-electron chi connectivity index (χ2n) is 5.34. The van der Waals surface area contributed by atoms with Gasteiger partial charge in [-0.1, -0.05) is 0 Å². The number of rotatable bonds is 1. The van der Waals surface area contributed by atoms with E-state index in [4.69, 9.17) is 4.74 Å². The number of aromatic carboxylic acids is 1. The molecule has 0 aliphatic carbocycles. The number of pyridine rings is 1. The normalized spacial score (nSPS) is 14.2. The Labute approximate surface area is 111 Å². The van der Waals surface area contributed by atoms with Gasteiger partial charge in [-0.25, -0.2) is 9.59 Å². The maximum Gasteiger partial charge on any atom is 0.414 e. The average molecular weight is 264 g/mol. The molecule has 1 aliphatic heterocycles. The van der Waals surface area contributed by atoms with Crippen molar-refractivity contribution in [3.05, 3.63) is 23.5 Å². The van der Waals surface area contributed by atoms with Gasteiger partial charge in [0.2, 0.25) is 0 Å². The molecule has 0 spiro atoms. The summed E-state index contributed by atoms with van der Waals surface area (Å²) >= 11 is 0. The van der Waals surface area contributed by atoms with E-state index in [0.29, 0.717) is 24.3 Å². The highest BCUT2D eigenvalue weighted by Gasteiger charge is 2.33. The maximum absolute atomic E-state index is 12.1. The molecule has 0 saturated carbocycles. The molecule has 6 nitrogen and oxygen atoms in total. The van der Waals surface area contributed by atoms with Crippen LogP contribution in [-0.2, 0) is 11.2 Å². The third-order valence-electron chi connectivity index (χ3n) is 2.69. The van der Waals surface area contributed by atoms with E-state index in [1.54, 1.807) is 20.8 Å². The molecule has 0 bridgehead atoms. The number of hydrogen-bond donors (Lipinski definition) is 1. The molecule has 1 aromatic heterocycles. The van der Waals surface area contributed by atoms with E-state index in [-0.39, 0.29) is 5.56 Å². The Morgan fingerprint density at radius 3 is 2.68 bits per heavy atom. The molecule has 0 saturated heterocycles. The molecule has 1 amide bonds. The molecule has 0 aromatic carbocycles. The fourth-order valence-electron chi connectivity index (χ4n) is 1.98. The quantitative estimate of drug-likeness (QED) is 0.840. The molecular formula is C13H16N2O4. The molecule has 0 atom stereocenters. The largest absolute Gasteiger partial charge is 0.478 e. The van der Waals surface area contributed by atoms with Crippen LogP contribution in [-0.4, -0.2) is 34.3 Å². The van der Waals surface area contributed by atoms with Crippen molar-refractivity contribution in [3.63, 3.8) is 0 Å². The first-order chi connectivity index (χ1) is 8.79. The van der Waals surface area contributed by atoms with Crippen molar-refractivity contribution in [2.75, 3.05) is 11.4 Å². The molecule has 102 valence electrons. The predicted octanol–water partition coefficient (Wildman–Crippen LogP) is 2.08. The molecule has 0 fully saturated rings. The number of carboxylic acids is 1. The lowest BCUT2D eigenvalue weighted by Crippen LogP contribution is -2.36. The number of carbonyl (C=O) groups excluding carboxylic acids is 1. The zero-order valence-corrected chi connectivity index (χ0v) is 11.1. The lowest BCUT2D eigenvalue weighted by Gasteiger charge is -2.25. The lowest BCUT2D eigenvalue weighted by atomic mass is 10.2. The molecule has 1 N–H and O–H groups in total. The first kappa shape index (κ1) is 13.3. The second-order valence-corrected chi connectivity index (χ2v) is 5.34. The SMILES string of the molecule is CC(C)(C)OC(=O)N1CCc2nccc(C(=O)O)c21. The summed E-state index contributed by atoms with van der Waals surface area (Å²) in [4.78, 5) is 28.8. The van der Waals surface area contributed by atoms with Crippen molar-refractivity contribution in [2.24, 2.45) is 0 Å². The number of carboxylic acid groups (broad SMARTS) is 1. The standard InChI is InChI=1S/C13H16N2O4/c1-13(2,3)19-12(18)15-7-5-9-10(15)8(11(16)17)4-6-14-9/h4,6H,5,7H2,1-3H3,(H,16,17). The van der Waals surface area contributed by atoms with Crippen LogP contribution in [0.3, 0.4) is 0 Å². The van der Waals surface area contributed by atoms with Crippen molar-refractivity contribution in [2.45, 2.75) is 32.8 Å². The molecule has 2 heterocycles. The van der Waals surface area contributed by atoms with Gasteiger partial charge in [0.15, 0.2) is 0 Å². The van der Waals surface area contributed by atoms with E-state index < -0.39 is 17.7 Å². The van der Waals surface area contributed by atoms with Gasteiger partial charge >= 0.3 is 12.1 Å². The summed E-state index contributed by atoms with van der Waals surface area (Å²) in [5.41, 5.74) is 0.425. The van der Waals surface area contributed by atoms with E-state index in [1.165, 1.54) is 17.2 Å². The summed E-state index contributed by atoms with van der Waals surface area (Å²) in [6.45, 7) is 5.69. The van der Waals surface area contributed by atoms with Gasteiger partial charge in [0, 0.05) is 19.2 Å². The topological polar surface area (TPSA) is 79.7 Å². The monoisotopic (exact) mass is 264 g/mol. The highest BCUT2D eigenvalue weighted by Crippen LogP contribution is 2.31. The minimum atomic E-state index is -1.07. The van der Waals surface area contributed by atoms with E-state index in [2.05, 4.69) is 4.98 Å². The smallest absolute Gasteiger partial charge is 0.414 e. The van der Waals surface area contributed by atoms with Gasteiger partial charge in [-0.2, -0.15) is 0 Å². The van der Waals surface area contributed by atoms with E-state index in [9.17, 15) is 14.7 Å². The number of fused-ring (bicyclic) bond motifs is 1. The fraction of sp³-hybridized carbons (Fsp3) is 0.462. The number of nitrogens with zero attached hydrogens (tertiary/aromatic N) is 2. The van der Waals surface area contributed by atoms with E-state index in [0.717, 1.165) is 0 Å². The summed E-state index contributed by atoms with van der Waals surface area (Å²) in [7, 11) is 0. The average Bonchev–Trinajstić information content (AvgIpc) is 2.69. The Bertz CT molecular complexity index is 534. The van der Waals surface area contributed by atoms with Crippen LogP contribution in [0.4, 0.5) is 10.5 Å². The number of amides is 1. The molecule has 19 heavy (non-hydrogen) atoms. The molecule has 0 unspecified atom stereocenters. The molecule has 6 heteroatoms. The van der Waals surface area contributed by atoms with E-state index >= 15 is 0 Å². The zero-order valence-electron chi connectivity index (χ0n) is 11.1. The molecule has 1 aliphatic rings. The fourth-order valence-corrected chi connectivity index (χ4v) is 1.98. The number of ether oxygens (including phenoxy) is 1. The van der Waals surface area contributed by atoms with Crippen molar-refractivity contribution >= 4 is 17.7 Å². The summed E-state index contributed by atoms with van der Waals surface area (Å²) in [5.74, 6) is -1.07. The van der Waals surface area contributed by atoms with E-state index in [1.807, 2.05) is 0 Å². The summed E-state index contributed by atoms with van der Waals surface area (Å²) < 4.78 is 5.28. The Morgan fingerprint density at radius 2 is 2.11 bits per heavy atom. The van der Waals surface area contributed by atoms with Gasteiger partial charge in [0.25, 0.3) is 0 Å². The summed E-state index contributed by atoms with van der Waals surface area (Å²) in [5, 5.41) is 9.17. The molecule has 2 rings (SSSR count). The van der Waals surface area contributed by atoms with Crippen LogP contribution < -0.4 is 4.90 Å². The summed E-state index contributed by atoms with van der Waals surface area (Å²) in [6, 6.07) is 1.39. The van der Waals surface area contributed by atoms with Crippen molar-refractivity contribution in [1.29, 1.82) is 0 Å². The number of anilines is 1. The first-order valence-electron chi connectivity index (χ1n) is 6.01. The van der Waals surface area contributed by atoms with Gasteiger partial charge in [0.05, 0.1) is 16.9 Å².